The Kier molecular flexibility index (Phi) is 10.2. The lowest BCUT2D eigenvalue weighted by Gasteiger charge is -2.27. The molecule has 1 aromatic rings. The van der Waals surface area contributed by atoms with E-state index in [-0.39, 0.29) is 36.4 Å². The molecule has 0 bridgehead atoms. The van der Waals surface area contributed by atoms with Crippen LogP contribution in [-0.4, -0.2) is 57.6 Å². The maximum atomic E-state index is 12.3. The Morgan fingerprint density at radius 1 is 1.18 bits per heavy atom. The molecular weight excluding hydrogens is 491 g/mol. The number of carbonyl (C=O) groups excluding carboxylic acids is 1. The highest BCUT2D eigenvalue weighted by Crippen LogP contribution is 2.17. The molecule has 1 aromatic carbocycles. The summed E-state index contributed by atoms with van der Waals surface area (Å²) in [7, 11) is -3.22. The number of likely N-dealkylation sites (tertiary alicyclic amines) is 1. The van der Waals surface area contributed by atoms with E-state index in [0.717, 1.165) is 31.5 Å². The molecule has 0 atom stereocenters. The number of aliphatic imine (C=N–C) groups is 1. The van der Waals surface area contributed by atoms with Crippen molar-refractivity contribution in [1.82, 2.24) is 15.5 Å². The highest BCUT2D eigenvalue weighted by molar-refractivity contribution is 14.0. The first-order valence-corrected chi connectivity index (χ1v) is 11.3. The molecule has 0 radical (unpaired) electrons. The summed E-state index contributed by atoms with van der Waals surface area (Å²) in [4.78, 5) is 19.0. The number of nitrogens with zero attached hydrogens (tertiary/aromatic N) is 2. The summed E-state index contributed by atoms with van der Waals surface area (Å²) >= 11 is 0. The summed E-state index contributed by atoms with van der Waals surface area (Å²) in [5.74, 6) is 0.668. The van der Waals surface area contributed by atoms with Crippen molar-refractivity contribution in [3.05, 3.63) is 29.3 Å². The molecule has 2 N–H and O–H groups in total. The number of amides is 1. The van der Waals surface area contributed by atoms with E-state index in [0.29, 0.717) is 29.5 Å². The van der Waals surface area contributed by atoms with E-state index in [4.69, 9.17) is 0 Å². The molecule has 1 fully saturated rings. The van der Waals surface area contributed by atoms with Crippen LogP contribution in [0.25, 0.3) is 0 Å². The summed E-state index contributed by atoms with van der Waals surface area (Å²) in [6.45, 7) is 6.73. The summed E-state index contributed by atoms with van der Waals surface area (Å²) in [6.07, 6.45) is 4.55. The molecule has 9 heteroatoms. The van der Waals surface area contributed by atoms with Crippen molar-refractivity contribution < 1.29 is 13.2 Å². The lowest BCUT2D eigenvalue weighted by Crippen LogP contribution is -2.46. The van der Waals surface area contributed by atoms with Crippen molar-refractivity contribution in [2.24, 2.45) is 4.99 Å². The molecular formula is C19H31IN4O3S. The van der Waals surface area contributed by atoms with Crippen LogP contribution in [0.3, 0.4) is 0 Å². The topological polar surface area (TPSA) is 90.9 Å². The van der Waals surface area contributed by atoms with Gasteiger partial charge in [-0.25, -0.2) is 13.4 Å². The van der Waals surface area contributed by atoms with Gasteiger partial charge in [0.2, 0.25) is 5.91 Å². The number of hydrogen-bond donors (Lipinski definition) is 2. The number of carbonyl (C=O) groups is 1. The second-order valence-electron chi connectivity index (χ2n) is 6.86. The zero-order valence-corrected chi connectivity index (χ0v) is 20.0. The van der Waals surface area contributed by atoms with Crippen molar-refractivity contribution in [3.63, 3.8) is 0 Å². The molecule has 28 heavy (non-hydrogen) atoms. The first-order valence-electron chi connectivity index (χ1n) is 9.41. The number of halogens is 1. The van der Waals surface area contributed by atoms with E-state index in [1.54, 1.807) is 19.1 Å². The van der Waals surface area contributed by atoms with Crippen LogP contribution in [0, 0.1) is 6.92 Å². The van der Waals surface area contributed by atoms with Gasteiger partial charge in [0.15, 0.2) is 15.8 Å². The Balaban J connectivity index is 0.00000392. The largest absolute Gasteiger partial charge is 0.357 e. The van der Waals surface area contributed by atoms with Crippen molar-refractivity contribution >= 4 is 45.7 Å². The number of hydrogen-bond acceptors (Lipinski definition) is 4. The van der Waals surface area contributed by atoms with Gasteiger partial charge < -0.3 is 15.5 Å². The summed E-state index contributed by atoms with van der Waals surface area (Å²) in [5.41, 5.74) is 1.63. The fourth-order valence-electron chi connectivity index (χ4n) is 3.15. The van der Waals surface area contributed by atoms with Gasteiger partial charge in [-0.3, -0.25) is 4.79 Å². The maximum absolute atomic E-state index is 12.3. The first-order chi connectivity index (χ1) is 12.8. The second kappa shape index (κ2) is 11.6. The average molecular weight is 522 g/mol. The van der Waals surface area contributed by atoms with Gasteiger partial charge in [-0.2, -0.15) is 0 Å². The predicted octanol–water partition coefficient (Wildman–Crippen LogP) is 2.08. The lowest BCUT2D eigenvalue weighted by molar-refractivity contribution is -0.130. The summed E-state index contributed by atoms with van der Waals surface area (Å²) in [5, 5.41) is 6.22. The number of piperidine rings is 1. The predicted molar refractivity (Wildman–Crippen MR) is 123 cm³/mol. The van der Waals surface area contributed by atoms with Crippen LogP contribution in [0.1, 0.15) is 37.3 Å². The van der Waals surface area contributed by atoms with Crippen LogP contribution in [0.4, 0.5) is 0 Å². The molecule has 1 amide bonds. The highest BCUT2D eigenvalue weighted by atomic mass is 127. The number of sulfone groups is 1. The third kappa shape index (κ3) is 7.57. The Morgan fingerprint density at radius 2 is 1.86 bits per heavy atom. The molecule has 1 heterocycles. The minimum absolute atomic E-state index is 0. The van der Waals surface area contributed by atoms with Crippen molar-refractivity contribution in [1.29, 1.82) is 0 Å². The summed E-state index contributed by atoms with van der Waals surface area (Å²) in [6, 6.07) is 5.23. The minimum atomic E-state index is -3.22. The number of rotatable bonds is 6. The normalized spacial score (nSPS) is 15.0. The molecule has 1 aliphatic rings. The Hall–Kier alpha value is -1.36. The molecule has 0 unspecified atom stereocenters. The van der Waals surface area contributed by atoms with Crippen LogP contribution in [0.5, 0.6) is 0 Å². The smallest absolute Gasteiger partial charge is 0.241 e. The molecule has 0 spiro atoms. The van der Waals surface area contributed by atoms with Gasteiger partial charge in [-0.15, -0.1) is 24.0 Å². The molecule has 1 aliphatic heterocycles. The number of benzene rings is 1. The van der Waals surface area contributed by atoms with E-state index >= 15 is 0 Å². The fraction of sp³-hybridized carbons (Fsp3) is 0.579. The Labute approximate surface area is 185 Å². The molecule has 2 rings (SSSR count). The van der Waals surface area contributed by atoms with E-state index in [2.05, 4.69) is 15.6 Å². The average Bonchev–Trinajstić information content (AvgIpc) is 2.63. The van der Waals surface area contributed by atoms with E-state index in [9.17, 15) is 13.2 Å². The van der Waals surface area contributed by atoms with E-state index in [1.807, 2.05) is 17.9 Å². The van der Waals surface area contributed by atoms with Crippen LogP contribution in [0.2, 0.25) is 0 Å². The Bertz CT molecular complexity index is 790. The van der Waals surface area contributed by atoms with Gasteiger partial charge in [0.1, 0.15) is 0 Å². The third-order valence-electron chi connectivity index (χ3n) is 4.52. The maximum Gasteiger partial charge on any atom is 0.241 e. The van der Waals surface area contributed by atoms with Gasteiger partial charge in [0.25, 0.3) is 0 Å². The second-order valence-corrected chi connectivity index (χ2v) is 8.85. The van der Waals surface area contributed by atoms with Gasteiger partial charge >= 0.3 is 0 Å². The van der Waals surface area contributed by atoms with Gasteiger partial charge in [-0.05, 0) is 50.3 Å². The van der Waals surface area contributed by atoms with Crippen LogP contribution in [-0.2, 0) is 21.2 Å². The van der Waals surface area contributed by atoms with Crippen LogP contribution >= 0.6 is 24.0 Å². The van der Waals surface area contributed by atoms with Gasteiger partial charge in [0, 0.05) is 25.9 Å². The van der Waals surface area contributed by atoms with Crippen molar-refractivity contribution in [3.8, 4) is 0 Å². The summed E-state index contributed by atoms with van der Waals surface area (Å²) < 4.78 is 23.4. The van der Waals surface area contributed by atoms with Crippen LogP contribution in [0.15, 0.2) is 28.1 Å². The zero-order valence-electron chi connectivity index (χ0n) is 16.8. The van der Waals surface area contributed by atoms with Gasteiger partial charge in [-0.1, -0.05) is 12.1 Å². The number of nitrogens with one attached hydrogen (secondary N) is 2. The molecule has 7 nitrogen and oxygen atoms in total. The monoisotopic (exact) mass is 522 g/mol. The van der Waals surface area contributed by atoms with E-state index < -0.39 is 9.84 Å². The Morgan fingerprint density at radius 3 is 2.43 bits per heavy atom. The molecule has 0 aliphatic carbocycles. The third-order valence-corrected chi connectivity index (χ3v) is 5.78. The number of guanidine groups is 1. The fourth-order valence-corrected chi connectivity index (χ4v) is 4.11. The minimum Gasteiger partial charge on any atom is -0.357 e. The highest BCUT2D eigenvalue weighted by Gasteiger charge is 2.16. The van der Waals surface area contributed by atoms with Crippen molar-refractivity contribution in [2.75, 3.05) is 32.4 Å². The zero-order chi connectivity index (χ0) is 19.9. The lowest BCUT2D eigenvalue weighted by atomic mass is 10.1. The quantitative estimate of drug-likeness (QED) is 0.339. The molecule has 0 aromatic heterocycles. The molecule has 0 saturated carbocycles. The van der Waals surface area contributed by atoms with Crippen LogP contribution < -0.4 is 10.6 Å². The molecule has 158 valence electrons. The molecule has 1 saturated heterocycles. The van der Waals surface area contributed by atoms with Crippen molar-refractivity contribution in [2.45, 2.75) is 44.6 Å². The number of aryl methyl sites for hydroxylation is 1. The first kappa shape index (κ1) is 24.7. The SMILES string of the molecule is CCNC(=NCc1ccc(S(C)(=O)=O)c(C)c1)NCC(=O)N1CCCCC1.I. The standard InChI is InChI=1S/C19H30N4O3S.HI/c1-4-20-19(22-14-18(24)23-10-6-5-7-11-23)21-13-16-8-9-17(15(2)12-16)27(3,25)26;/h8-9,12H,4-7,10-11,13-14H2,1-3H3,(H2,20,21,22);1H. The van der Waals surface area contributed by atoms with Gasteiger partial charge in [0.05, 0.1) is 18.0 Å². The van der Waals surface area contributed by atoms with E-state index in [1.165, 1.54) is 12.7 Å².